The summed E-state index contributed by atoms with van der Waals surface area (Å²) in [4.78, 5) is 6.78. The third-order valence-corrected chi connectivity index (χ3v) is 3.79. The van der Waals surface area contributed by atoms with Gasteiger partial charge in [0.2, 0.25) is 0 Å². The molecule has 0 aliphatic carbocycles. The molecule has 2 heterocycles. The minimum absolute atomic E-state index is 0.502. The number of aryl methyl sites for hydroxylation is 1. The first kappa shape index (κ1) is 11.5. The monoisotopic (exact) mass is 242 g/mol. The van der Waals surface area contributed by atoms with Crippen molar-refractivity contribution >= 4 is 16.6 Å². The molecule has 1 fully saturated rings. The summed E-state index contributed by atoms with van der Waals surface area (Å²) in [7, 11) is 0. The zero-order chi connectivity index (χ0) is 12.8. The van der Waals surface area contributed by atoms with Crippen LogP contribution in [0.4, 0.5) is 5.69 Å². The van der Waals surface area contributed by atoms with Gasteiger partial charge in [-0.15, -0.1) is 0 Å². The van der Waals surface area contributed by atoms with E-state index in [9.17, 15) is 5.11 Å². The Balaban J connectivity index is 2.02. The second kappa shape index (κ2) is 3.95. The molecule has 1 N–H and O–H groups in total. The van der Waals surface area contributed by atoms with Crippen LogP contribution >= 0.6 is 0 Å². The zero-order valence-corrected chi connectivity index (χ0v) is 10.8. The van der Waals surface area contributed by atoms with Crippen LogP contribution in [0.1, 0.15) is 19.0 Å². The molecule has 18 heavy (non-hydrogen) atoms. The fourth-order valence-electron chi connectivity index (χ4n) is 2.61. The van der Waals surface area contributed by atoms with Crippen molar-refractivity contribution < 1.29 is 5.11 Å². The van der Waals surface area contributed by atoms with Crippen LogP contribution in [0.3, 0.4) is 0 Å². The van der Waals surface area contributed by atoms with Crippen molar-refractivity contribution in [3.8, 4) is 0 Å². The third-order valence-electron chi connectivity index (χ3n) is 3.79. The Bertz CT molecular complexity index is 588. The summed E-state index contributed by atoms with van der Waals surface area (Å²) in [6.45, 7) is 5.49. The number of hydrogen-bond acceptors (Lipinski definition) is 3. The summed E-state index contributed by atoms with van der Waals surface area (Å²) in [6.07, 6.45) is 0.811. The van der Waals surface area contributed by atoms with Gasteiger partial charge in [-0.1, -0.05) is 25.1 Å². The number of aliphatic hydroxyl groups is 1. The number of aromatic nitrogens is 1. The van der Waals surface area contributed by atoms with Gasteiger partial charge in [-0.05, 0) is 25.5 Å². The lowest BCUT2D eigenvalue weighted by molar-refractivity contribution is 0.00868. The minimum atomic E-state index is -0.502. The van der Waals surface area contributed by atoms with Gasteiger partial charge in [-0.25, -0.2) is 0 Å². The van der Waals surface area contributed by atoms with Gasteiger partial charge in [0.15, 0.2) is 0 Å². The number of pyridine rings is 1. The molecule has 1 aromatic carbocycles. The topological polar surface area (TPSA) is 36.4 Å². The van der Waals surface area contributed by atoms with Crippen molar-refractivity contribution in [3.05, 3.63) is 36.0 Å². The summed E-state index contributed by atoms with van der Waals surface area (Å²) in [5.74, 6) is 0. The summed E-state index contributed by atoms with van der Waals surface area (Å²) >= 11 is 0. The van der Waals surface area contributed by atoms with E-state index in [1.54, 1.807) is 0 Å². The van der Waals surface area contributed by atoms with Crippen LogP contribution in [0.25, 0.3) is 10.9 Å². The van der Waals surface area contributed by atoms with Gasteiger partial charge in [0.25, 0.3) is 0 Å². The molecule has 0 unspecified atom stereocenters. The van der Waals surface area contributed by atoms with Crippen molar-refractivity contribution in [2.45, 2.75) is 25.9 Å². The van der Waals surface area contributed by atoms with E-state index in [2.05, 4.69) is 22.0 Å². The highest BCUT2D eigenvalue weighted by Gasteiger charge is 2.40. The second-order valence-corrected chi connectivity index (χ2v) is 5.23. The molecule has 0 amide bonds. The molecule has 0 radical (unpaired) electrons. The molecule has 3 rings (SSSR count). The lowest BCUT2D eigenvalue weighted by Crippen LogP contribution is -2.61. The van der Waals surface area contributed by atoms with E-state index in [1.807, 2.05) is 32.0 Å². The number of fused-ring (bicyclic) bond motifs is 1. The van der Waals surface area contributed by atoms with Gasteiger partial charge >= 0.3 is 0 Å². The number of nitrogens with zero attached hydrogens (tertiary/aromatic N) is 2. The molecule has 0 saturated carbocycles. The molecular weight excluding hydrogens is 224 g/mol. The maximum Gasteiger partial charge on any atom is 0.0992 e. The van der Waals surface area contributed by atoms with E-state index in [-0.39, 0.29) is 0 Å². The van der Waals surface area contributed by atoms with Gasteiger partial charge in [0.1, 0.15) is 0 Å². The molecule has 1 aliphatic rings. The average Bonchev–Trinajstić information content (AvgIpc) is 2.34. The largest absolute Gasteiger partial charge is 0.386 e. The third kappa shape index (κ3) is 1.75. The molecule has 2 aromatic rings. The Labute approximate surface area is 107 Å². The summed E-state index contributed by atoms with van der Waals surface area (Å²) < 4.78 is 0. The maximum atomic E-state index is 10.1. The summed E-state index contributed by atoms with van der Waals surface area (Å²) in [5.41, 5.74) is 2.74. The van der Waals surface area contributed by atoms with Crippen LogP contribution in [0, 0.1) is 6.92 Å². The van der Waals surface area contributed by atoms with Gasteiger partial charge in [-0.2, -0.15) is 0 Å². The molecule has 0 spiro atoms. The minimum Gasteiger partial charge on any atom is -0.386 e. The van der Waals surface area contributed by atoms with Gasteiger partial charge in [0, 0.05) is 29.9 Å². The van der Waals surface area contributed by atoms with Crippen LogP contribution in [-0.4, -0.2) is 28.8 Å². The number of benzene rings is 1. The first-order valence-corrected chi connectivity index (χ1v) is 6.45. The molecule has 3 heteroatoms. The fraction of sp³-hybridized carbons (Fsp3) is 0.400. The summed E-state index contributed by atoms with van der Waals surface area (Å²) in [5, 5.41) is 11.3. The van der Waals surface area contributed by atoms with Crippen LogP contribution in [-0.2, 0) is 0 Å². The molecule has 0 bridgehead atoms. The first-order chi connectivity index (χ1) is 8.61. The molecule has 94 valence electrons. The SMILES string of the molecule is CCC1(O)CN(c2cc(C)nc3ccccc23)C1. The number of β-amino-alcohol motifs (C(OH)–C–C–N with tert-alkyl or cyclic N) is 1. The summed E-state index contributed by atoms with van der Waals surface area (Å²) in [6, 6.07) is 10.3. The highest BCUT2D eigenvalue weighted by atomic mass is 16.3. The van der Waals surface area contributed by atoms with Crippen molar-refractivity contribution in [1.82, 2.24) is 4.98 Å². The van der Waals surface area contributed by atoms with Crippen LogP contribution in [0.2, 0.25) is 0 Å². The molecule has 3 nitrogen and oxygen atoms in total. The Kier molecular flexibility index (Phi) is 2.52. The molecular formula is C15H18N2O. The van der Waals surface area contributed by atoms with Gasteiger partial charge in [0.05, 0.1) is 11.1 Å². The molecule has 1 aromatic heterocycles. The van der Waals surface area contributed by atoms with Crippen molar-refractivity contribution in [3.63, 3.8) is 0 Å². The fourth-order valence-corrected chi connectivity index (χ4v) is 2.61. The number of rotatable bonds is 2. The first-order valence-electron chi connectivity index (χ1n) is 6.45. The van der Waals surface area contributed by atoms with E-state index in [0.29, 0.717) is 0 Å². The number of anilines is 1. The van der Waals surface area contributed by atoms with Gasteiger partial charge < -0.3 is 10.0 Å². The van der Waals surface area contributed by atoms with E-state index in [4.69, 9.17) is 0 Å². The smallest absolute Gasteiger partial charge is 0.0992 e. The highest BCUT2D eigenvalue weighted by molar-refractivity contribution is 5.92. The van der Waals surface area contributed by atoms with E-state index in [1.165, 1.54) is 11.1 Å². The Morgan fingerprint density at radius 3 is 2.78 bits per heavy atom. The Morgan fingerprint density at radius 2 is 2.06 bits per heavy atom. The normalized spacial score (nSPS) is 17.8. The Morgan fingerprint density at radius 1 is 1.33 bits per heavy atom. The lowest BCUT2D eigenvalue weighted by atomic mass is 9.90. The quantitative estimate of drug-likeness (QED) is 0.879. The van der Waals surface area contributed by atoms with Gasteiger partial charge in [-0.3, -0.25) is 4.98 Å². The van der Waals surface area contributed by atoms with Crippen LogP contribution in [0.15, 0.2) is 30.3 Å². The van der Waals surface area contributed by atoms with E-state index in [0.717, 1.165) is 30.7 Å². The number of para-hydroxylation sites is 1. The highest BCUT2D eigenvalue weighted by Crippen LogP contribution is 2.34. The predicted octanol–water partition coefficient (Wildman–Crippen LogP) is 2.50. The second-order valence-electron chi connectivity index (χ2n) is 5.23. The molecule has 0 atom stereocenters. The van der Waals surface area contributed by atoms with Crippen molar-refractivity contribution in [2.24, 2.45) is 0 Å². The van der Waals surface area contributed by atoms with E-state index >= 15 is 0 Å². The average molecular weight is 242 g/mol. The lowest BCUT2D eigenvalue weighted by Gasteiger charge is -2.48. The maximum absolute atomic E-state index is 10.1. The molecule has 1 aliphatic heterocycles. The molecule has 1 saturated heterocycles. The standard InChI is InChI=1S/C15H18N2O/c1-3-15(18)9-17(10-15)14-8-11(2)16-13-7-5-4-6-12(13)14/h4-8,18H,3,9-10H2,1-2H3. The van der Waals surface area contributed by atoms with Crippen molar-refractivity contribution in [1.29, 1.82) is 0 Å². The Hall–Kier alpha value is -1.61. The van der Waals surface area contributed by atoms with E-state index < -0.39 is 5.60 Å². The zero-order valence-electron chi connectivity index (χ0n) is 10.8. The van der Waals surface area contributed by atoms with Crippen molar-refractivity contribution in [2.75, 3.05) is 18.0 Å². The predicted molar refractivity (Wildman–Crippen MR) is 73.9 cm³/mol. The number of hydrogen-bond donors (Lipinski definition) is 1. The van der Waals surface area contributed by atoms with Crippen LogP contribution in [0.5, 0.6) is 0 Å². The van der Waals surface area contributed by atoms with Crippen LogP contribution < -0.4 is 4.90 Å².